The number of fused-ring (bicyclic) bond motifs is 1. The number of hydrogen-bond donors (Lipinski definition) is 2. The normalized spacial score (nSPS) is 15.3. The summed E-state index contributed by atoms with van der Waals surface area (Å²) in [6.07, 6.45) is 1.82. The van der Waals surface area contributed by atoms with Crippen molar-refractivity contribution in [2.24, 2.45) is 5.73 Å². The van der Waals surface area contributed by atoms with Gasteiger partial charge in [-0.15, -0.1) is 0 Å². The Bertz CT molecular complexity index is 2130. The maximum Gasteiger partial charge on any atom is 0.407 e. The van der Waals surface area contributed by atoms with E-state index in [0.717, 1.165) is 23.0 Å². The molecule has 5 rings (SSSR count). The standard InChI is InChI=1S/C32H35F2N7O7S/c1-17(2)25-27(19(10-11-36-25)7-6-14-48-49(4,46)47)41-30-21(29(38-31(41)43)40-13-12-39(32(44)45)16-18(40)3)15-23(34)26(37-30)24-20(28(35)42)8-5-9-22(24)33/h5,8-11,15,17-18H,6-7,12-14,16H2,1-4H3,(H2,35,42)(H,44,45)/t18-/m0/s1. The van der Waals surface area contributed by atoms with Crippen LogP contribution in [0.4, 0.5) is 19.4 Å². The van der Waals surface area contributed by atoms with Crippen LogP contribution >= 0.6 is 0 Å². The molecule has 260 valence electrons. The fourth-order valence-electron chi connectivity index (χ4n) is 5.98. The van der Waals surface area contributed by atoms with E-state index < -0.39 is 56.7 Å². The highest BCUT2D eigenvalue weighted by Crippen LogP contribution is 2.35. The number of aromatic nitrogens is 4. The number of amides is 2. The first-order chi connectivity index (χ1) is 23.1. The molecule has 1 saturated heterocycles. The van der Waals surface area contributed by atoms with Crippen LogP contribution in [0, 0.1) is 11.6 Å². The predicted molar refractivity (Wildman–Crippen MR) is 176 cm³/mol. The van der Waals surface area contributed by atoms with Crippen molar-refractivity contribution in [2.45, 2.75) is 45.6 Å². The van der Waals surface area contributed by atoms with Crippen molar-refractivity contribution >= 4 is 39.0 Å². The highest BCUT2D eigenvalue weighted by Gasteiger charge is 2.32. The molecule has 0 saturated carbocycles. The van der Waals surface area contributed by atoms with Gasteiger partial charge < -0.3 is 20.6 Å². The average molecular weight is 700 g/mol. The Morgan fingerprint density at radius 3 is 2.51 bits per heavy atom. The van der Waals surface area contributed by atoms with Crippen LogP contribution in [0.5, 0.6) is 0 Å². The number of nitrogens with two attached hydrogens (primary N) is 1. The molecule has 4 aromatic rings. The summed E-state index contributed by atoms with van der Waals surface area (Å²) >= 11 is 0. The zero-order valence-corrected chi connectivity index (χ0v) is 28.0. The lowest BCUT2D eigenvalue weighted by Crippen LogP contribution is -2.54. The lowest BCUT2D eigenvalue weighted by molar-refractivity contribution is 0.1000. The van der Waals surface area contributed by atoms with Gasteiger partial charge in [0, 0.05) is 31.9 Å². The van der Waals surface area contributed by atoms with Gasteiger partial charge in [-0.25, -0.2) is 27.9 Å². The van der Waals surface area contributed by atoms with Crippen LogP contribution in [-0.4, -0.2) is 88.5 Å². The summed E-state index contributed by atoms with van der Waals surface area (Å²) in [5, 5.41) is 9.59. The molecule has 0 radical (unpaired) electrons. The monoisotopic (exact) mass is 699 g/mol. The van der Waals surface area contributed by atoms with E-state index >= 15 is 8.78 Å². The Balaban J connectivity index is 1.83. The van der Waals surface area contributed by atoms with Crippen molar-refractivity contribution in [3.05, 3.63) is 75.5 Å². The summed E-state index contributed by atoms with van der Waals surface area (Å²) in [5.74, 6) is -3.26. The minimum Gasteiger partial charge on any atom is -0.465 e. The minimum atomic E-state index is -3.70. The third kappa shape index (κ3) is 7.22. The molecule has 2 amide bonds. The molecular weight excluding hydrogens is 664 g/mol. The highest BCUT2D eigenvalue weighted by atomic mass is 32.2. The van der Waals surface area contributed by atoms with Gasteiger partial charge in [-0.3, -0.25) is 14.0 Å². The van der Waals surface area contributed by atoms with Crippen molar-refractivity contribution in [3.63, 3.8) is 0 Å². The van der Waals surface area contributed by atoms with Crippen LogP contribution in [-0.2, 0) is 20.7 Å². The first-order valence-corrected chi connectivity index (χ1v) is 17.2. The molecule has 1 atom stereocenters. The van der Waals surface area contributed by atoms with E-state index in [9.17, 15) is 27.9 Å². The summed E-state index contributed by atoms with van der Waals surface area (Å²) < 4.78 is 60.7. The van der Waals surface area contributed by atoms with Gasteiger partial charge in [0.1, 0.15) is 17.3 Å². The Morgan fingerprint density at radius 1 is 1.14 bits per heavy atom. The molecule has 3 N–H and O–H groups in total. The predicted octanol–water partition coefficient (Wildman–Crippen LogP) is 3.44. The number of nitrogens with zero attached hydrogens (tertiary/aromatic N) is 6. The average Bonchev–Trinajstić information content (AvgIpc) is 3.02. The minimum absolute atomic E-state index is 0.0356. The van der Waals surface area contributed by atoms with E-state index in [0.29, 0.717) is 11.3 Å². The van der Waals surface area contributed by atoms with Gasteiger partial charge >= 0.3 is 11.8 Å². The smallest absolute Gasteiger partial charge is 0.407 e. The molecule has 14 nitrogen and oxygen atoms in total. The van der Waals surface area contributed by atoms with Crippen LogP contribution in [0.2, 0.25) is 0 Å². The second-order valence-electron chi connectivity index (χ2n) is 12.0. The molecule has 0 unspecified atom stereocenters. The lowest BCUT2D eigenvalue weighted by Gasteiger charge is -2.39. The number of rotatable bonds is 10. The Labute approximate surface area is 280 Å². The third-order valence-corrected chi connectivity index (χ3v) is 8.78. The first kappa shape index (κ1) is 35.3. The Hall–Kier alpha value is -5.03. The van der Waals surface area contributed by atoms with Gasteiger partial charge in [0.05, 0.1) is 40.8 Å². The summed E-state index contributed by atoms with van der Waals surface area (Å²) in [7, 11) is -3.70. The fraction of sp³-hybridized carbons (Fsp3) is 0.375. The van der Waals surface area contributed by atoms with Gasteiger partial charge in [-0.2, -0.15) is 13.4 Å². The second kappa shape index (κ2) is 13.8. The summed E-state index contributed by atoms with van der Waals surface area (Å²) in [6.45, 7) is 5.57. The molecule has 4 heterocycles. The molecular formula is C32H35F2N7O7S. The molecule has 0 spiro atoms. The van der Waals surface area contributed by atoms with Gasteiger partial charge in [0.15, 0.2) is 11.5 Å². The van der Waals surface area contributed by atoms with Crippen molar-refractivity contribution < 1.29 is 36.1 Å². The number of anilines is 1. The van der Waals surface area contributed by atoms with E-state index in [1.54, 1.807) is 24.1 Å². The molecule has 0 aliphatic carbocycles. The van der Waals surface area contributed by atoms with E-state index in [1.165, 1.54) is 17.0 Å². The van der Waals surface area contributed by atoms with Crippen molar-refractivity contribution in [3.8, 4) is 16.9 Å². The molecule has 3 aromatic heterocycles. The van der Waals surface area contributed by atoms with Gasteiger partial charge in [-0.05, 0) is 55.5 Å². The maximum atomic E-state index is 16.2. The first-order valence-electron chi connectivity index (χ1n) is 15.4. The molecule has 17 heteroatoms. The Kier molecular flexibility index (Phi) is 9.96. The van der Waals surface area contributed by atoms with Gasteiger partial charge in [-0.1, -0.05) is 19.9 Å². The van der Waals surface area contributed by atoms with Gasteiger partial charge in [0.2, 0.25) is 5.91 Å². The Morgan fingerprint density at radius 2 is 1.88 bits per heavy atom. The summed E-state index contributed by atoms with van der Waals surface area (Å²) in [5.41, 5.74) is 4.40. The third-order valence-electron chi connectivity index (χ3n) is 8.18. The summed E-state index contributed by atoms with van der Waals surface area (Å²) in [6, 6.07) is 5.72. The fourth-order valence-corrected chi connectivity index (χ4v) is 6.41. The van der Waals surface area contributed by atoms with E-state index in [1.807, 2.05) is 13.8 Å². The quantitative estimate of drug-likeness (QED) is 0.182. The number of piperazine rings is 1. The van der Waals surface area contributed by atoms with Crippen molar-refractivity contribution in [1.29, 1.82) is 0 Å². The number of pyridine rings is 2. The molecule has 1 aliphatic heterocycles. The number of benzene rings is 1. The van der Waals surface area contributed by atoms with E-state index in [4.69, 9.17) is 9.92 Å². The molecule has 1 aliphatic rings. The van der Waals surface area contributed by atoms with Crippen LogP contribution in [0.15, 0.2) is 41.3 Å². The van der Waals surface area contributed by atoms with Crippen LogP contribution in [0.1, 0.15) is 54.7 Å². The summed E-state index contributed by atoms with van der Waals surface area (Å²) in [4.78, 5) is 54.5. The topological polar surface area (TPSA) is 191 Å². The largest absolute Gasteiger partial charge is 0.465 e. The number of aryl methyl sites for hydroxylation is 1. The number of carbonyl (C=O) groups excluding carboxylic acids is 1. The SMILES string of the molecule is CC(C)c1nccc(CCCOS(C)(=O)=O)c1-n1c(=O)nc(N2CCN(C(=O)O)C[C@@H]2C)c2cc(F)c(-c3c(F)cccc3C(N)=O)nc21. The molecule has 0 bridgehead atoms. The highest BCUT2D eigenvalue weighted by molar-refractivity contribution is 7.85. The van der Waals surface area contributed by atoms with E-state index in [2.05, 4.69) is 15.0 Å². The van der Waals surface area contributed by atoms with Crippen LogP contribution < -0.4 is 16.3 Å². The zero-order chi connectivity index (χ0) is 35.8. The van der Waals surface area contributed by atoms with Gasteiger partial charge in [0.25, 0.3) is 10.1 Å². The number of hydrogen-bond acceptors (Lipinski definition) is 10. The maximum absolute atomic E-state index is 16.2. The van der Waals surface area contributed by atoms with E-state index in [-0.39, 0.29) is 73.1 Å². The lowest BCUT2D eigenvalue weighted by atomic mass is 10.0. The van der Waals surface area contributed by atoms with Crippen molar-refractivity contribution in [2.75, 3.05) is 37.4 Å². The zero-order valence-electron chi connectivity index (χ0n) is 27.2. The second-order valence-corrected chi connectivity index (χ2v) is 13.7. The van der Waals surface area contributed by atoms with Crippen LogP contribution in [0.25, 0.3) is 28.0 Å². The molecule has 1 aromatic carbocycles. The number of halogens is 2. The van der Waals surface area contributed by atoms with Crippen molar-refractivity contribution in [1.82, 2.24) is 24.4 Å². The number of primary amides is 1. The number of carbonyl (C=O) groups is 2. The molecule has 1 fully saturated rings. The van der Waals surface area contributed by atoms with Crippen LogP contribution in [0.3, 0.4) is 0 Å². The number of carboxylic acid groups (broad SMARTS) is 1. The molecule has 49 heavy (non-hydrogen) atoms.